The molecule has 3 nitrogen and oxygen atoms in total. The van der Waals surface area contributed by atoms with E-state index in [-0.39, 0.29) is 5.91 Å². The highest BCUT2D eigenvalue weighted by molar-refractivity contribution is 7.16. The smallest absolute Gasteiger partial charge is 0.279 e. The van der Waals surface area contributed by atoms with E-state index in [2.05, 4.69) is 4.99 Å². The molecule has 0 fully saturated rings. The summed E-state index contributed by atoms with van der Waals surface area (Å²) >= 11 is 7.67. The molecule has 5 heteroatoms. The van der Waals surface area contributed by atoms with Crippen molar-refractivity contribution in [1.82, 2.24) is 4.57 Å². The summed E-state index contributed by atoms with van der Waals surface area (Å²) in [7, 11) is 1.87. The van der Waals surface area contributed by atoms with Gasteiger partial charge in [0.15, 0.2) is 4.80 Å². The van der Waals surface area contributed by atoms with Crippen LogP contribution in [0, 0.1) is 6.92 Å². The van der Waals surface area contributed by atoms with Crippen molar-refractivity contribution in [2.45, 2.75) is 6.92 Å². The Hall–Kier alpha value is -1.91. The number of carbonyl (C=O) groups is 1. The van der Waals surface area contributed by atoms with Gasteiger partial charge in [-0.1, -0.05) is 47.2 Å². The Morgan fingerprint density at radius 2 is 1.95 bits per heavy atom. The van der Waals surface area contributed by atoms with E-state index in [0.29, 0.717) is 15.4 Å². The van der Waals surface area contributed by atoms with Crippen molar-refractivity contribution < 1.29 is 4.79 Å². The number of benzene rings is 2. The fourth-order valence-corrected chi connectivity index (χ4v) is 3.62. The van der Waals surface area contributed by atoms with Crippen LogP contribution in [0.25, 0.3) is 10.2 Å². The molecule has 0 unspecified atom stereocenters. The van der Waals surface area contributed by atoms with Crippen molar-refractivity contribution in [1.29, 1.82) is 0 Å². The van der Waals surface area contributed by atoms with Gasteiger partial charge in [0, 0.05) is 12.6 Å². The van der Waals surface area contributed by atoms with Crippen molar-refractivity contribution in [2.24, 2.45) is 12.0 Å². The standard InChI is InChI=1S/C16H13ClN2OS/c1-10-6-3-4-7-11(10)15(20)18-16-19(2)14-12(17)8-5-9-13(14)21-16/h3-9H,1-2H3. The third kappa shape index (κ3) is 2.52. The molecule has 0 saturated heterocycles. The van der Waals surface area contributed by atoms with E-state index in [1.165, 1.54) is 11.3 Å². The third-order valence-electron chi connectivity index (χ3n) is 3.35. The zero-order valence-corrected chi connectivity index (χ0v) is 13.2. The Labute approximate surface area is 131 Å². The topological polar surface area (TPSA) is 34.4 Å². The van der Waals surface area contributed by atoms with Crippen molar-refractivity contribution in [3.63, 3.8) is 0 Å². The normalized spacial score (nSPS) is 12.0. The molecule has 3 aromatic rings. The van der Waals surface area contributed by atoms with Crippen molar-refractivity contribution >= 4 is 39.1 Å². The van der Waals surface area contributed by atoms with Crippen molar-refractivity contribution in [3.8, 4) is 0 Å². The number of hydrogen-bond acceptors (Lipinski definition) is 2. The molecule has 0 atom stereocenters. The molecular formula is C16H13ClN2OS. The van der Waals surface area contributed by atoms with E-state index in [1.807, 2.05) is 54.9 Å². The summed E-state index contributed by atoms with van der Waals surface area (Å²) in [6, 6.07) is 13.2. The van der Waals surface area contributed by atoms with Gasteiger partial charge in [-0.2, -0.15) is 4.99 Å². The minimum absolute atomic E-state index is 0.230. The molecule has 0 saturated carbocycles. The lowest BCUT2D eigenvalue weighted by Crippen LogP contribution is -2.13. The average molecular weight is 317 g/mol. The first-order chi connectivity index (χ1) is 10.1. The predicted molar refractivity (Wildman–Crippen MR) is 86.9 cm³/mol. The Morgan fingerprint density at radius 3 is 2.67 bits per heavy atom. The maximum Gasteiger partial charge on any atom is 0.279 e. The van der Waals surface area contributed by atoms with Crippen LogP contribution < -0.4 is 4.80 Å². The molecule has 21 heavy (non-hydrogen) atoms. The highest BCUT2D eigenvalue weighted by Gasteiger charge is 2.10. The largest absolute Gasteiger partial charge is 0.318 e. The molecule has 0 N–H and O–H groups in total. The van der Waals surface area contributed by atoms with Gasteiger partial charge in [0.2, 0.25) is 0 Å². The second kappa shape index (κ2) is 5.47. The van der Waals surface area contributed by atoms with Crippen molar-refractivity contribution in [3.05, 3.63) is 63.4 Å². The molecule has 1 amide bonds. The Bertz CT molecular complexity index is 908. The average Bonchev–Trinajstić information content (AvgIpc) is 2.77. The maximum absolute atomic E-state index is 12.3. The first-order valence-corrected chi connectivity index (χ1v) is 7.66. The van der Waals surface area contributed by atoms with Gasteiger partial charge in [0.1, 0.15) is 0 Å². The van der Waals surface area contributed by atoms with E-state index in [1.54, 1.807) is 6.07 Å². The second-order valence-electron chi connectivity index (χ2n) is 4.76. The number of thiazole rings is 1. The first-order valence-electron chi connectivity index (χ1n) is 6.46. The van der Waals surface area contributed by atoms with Gasteiger partial charge in [0.05, 0.1) is 15.2 Å². The highest BCUT2D eigenvalue weighted by Crippen LogP contribution is 2.24. The van der Waals surface area contributed by atoms with Crippen molar-refractivity contribution in [2.75, 3.05) is 0 Å². The fraction of sp³-hybridized carbons (Fsp3) is 0.125. The minimum Gasteiger partial charge on any atom is -0.318 e. The quantitative estimate of drug-likeness (QED) is 0.669. The number of para-hydroxylation sites is 1. The Kier molecular flexibility index (Phi) is 3.66. The summed E-state index contributed by atoms with van der Waals surface area (Å²) in [6.07, 6.45) is 0. The molecule has 0 bridgehead atoms. The SMILES string of the molecule is Cc1ccccc1C(=O)N=c1sc2cccc(Cl)c2n1C. The van der Waals surface area contributed by atoms with Crippen LogP contribution in [-0.2, 0) is 7.05 Å². The summed E-state index contributed by atoms with van der Waals surface area (Å²) in [5.41, 5.74) is 2.45. The van der Waals surface area contributed by atoms with Crippen LogP contribution in [0.2, 0.25) is 5.02 Å². The van der Waals surface area contributed by atoms with Crippen LogP contribution >= 0.6 is 22.9 Å². The molecule has 3 rings (SSSR count). The summed E-state index contributed by atoms with van der Waals surface area (Å²) < 4.78 is 2.87. The number of hydrogen-bond donors (Lipinski definition) is 0. The third-order valence-corrected chi connectivity index (χ3v) is 4.75. The van der Waals surface area contributed by atoms with Gasteiger partial charge in [-0.3, -0.25) is 4.79 Å². The molecule has 1 aromatic heterocycles. The van der Waals surface area contributed by atoms with Gasteiger partial charge < -0.3 is 4.57 Å². The summed E-state index contributed by atoms with van der Waals surface area (Å²) in [6.45, 7) is 1.91. The summed E-state index contributed by atoms with van der Waals surface area (Å²) in [5, 5.41) is 0.663. The van der Waals surface area contributed by atoms with Crippen LogP contribution in [0.15, 0.2) is 47.5 Å². The minimum atomic E-state index is -0.230. The Balaban J connectivity index is 2.17. The lowest BCUT2D eigenvalue weighted by atomic mass is 10.1. The van der Waals surface area contributed by atoms with E-state index < -0.39 is 0 Å². The number of aromatic nitrogens is 1. The van der Waals surface area contributed by atoms with Crippen LogP contribution in [-0.4, -0.2) is 10.5 Å². The lowest BCUT2D eigenvalue weighted by molar-refractivity contribution is 0.0997. The number of rotatable bonds is 1. The van der Waals surface area contributed by atoms with E-state index in [0.717, 1.165) is 15.8 Å². The van der Waals surface area contributed by atoms with Gasteiger partial charge in [0.25, 0.3) is 5.91 Å². The summed E-state index contributed by atoms with van der Waals surface area (Å²) in [5.74, 6) is -0.230. The molecule has 0 aliphatic heterocycles. The van der Waals surface area contributed by atoms with Gasteiger partial charge in [-0.25, -0.2) is 0 Å². The van der Waals surface area contributed by atoms with Crippen LogP contribution in [0.1, 0.15) is 15.9 Å². The molecule has 106 valence electrons. The van der Waals surface area contributed by atoms with Crippen LogP contribution in [0.4, 0.5) is 0 Å². The van der Waals surface area contributed by atoms with Gasteiger partial charge in [-0.05, 0) is 30.7 Å². The molecule has 0 spiro atoms. The predicted octanol–water partition coefficient (Wildman–Crippen LogP) is 3.94. The molecule has 0 aliphatic carbocycles. The highest BCUT2D eigenvalue weighted by atomic mass is 35.5. The lowest BCUT2D eigenvalue weighted by Gasteiger charge is -2.00. The monoisotopic (exact) mass is 316 g/mol. The van der Waals surface area contributed by atoms with Crippen LogP contribution in [0.5, 0.6) is 0 Å². The van der Waals surface area contributed by atoms with Crippen LogP contribution in [0.3, 0.4) is 0 Å². The maximum atomic E-state index is 12.3. The Morgan fingerprint density at radius 1 is 1.19 bits per heavy atom. The second-order valence-corrected chi connectivity index (χ2v) is 6.18. The molecule has 0 aliphatic rings. The molecular weight excluding hydrogens is 304 g/mol. The first kappa shape index (κ1) is 14.0. The van der Waals surface area contributed by atoms with Gasteiger partial charge in [-0.15, -0.1) is 0 Å². The van der Waals surface area contributed by atoms with E-state index in [9.17, 15) is 4.79 Å². The fourth-order valence-electron chi connectivity index (χ4n) is 2.22. The number of nitrogens with zero attached hydrogens (tertiary/aromatic N) is 2. The number of carbonyl (C=O) groups excluding carboxylic acids is 1. The molecule has 1 heterocycles. The number of aryl methyl sites for hydroxylation is 2. The molecule has 2 aromatic carbocycles. The van der Waals surface area contributed by atoms with E-state index >= 15 is 0 Å². The zero-order valence-electron chi connectivity index (χ0n) is 11.6. The summed E-state index contributed by atoms with van der Waals surface area (Å²) in [4.78, 5) is 17.2. The number of fused-ring (bicyclic) bond motifs is 1. The van der Waals surface area contributed by atoms with Gasteiger partial charge >= 0.3 is 0 Å². The zero-order chi connectivity index (χ0) is 15.0. The number of halogens is 1. The van der Waals surface area contributed by atoms with E-state index in [4.69, 9.17) is 11.6 Å². The molecule has 0 radical (unpaired) electrons. The number of amides is 1.